The van der Waals surface area contributed by atoms with Crippen LogP contribution in [0, 0.1) is 0 Å². The Labute approximate surface area is 209 Å². The summed E-state index contributed by atoms with van der Waals surface area (Å²) < 4.78 is 13.1. The zero-order valence-corrected chi connectivity index (χ0v) is 20.9. The van der Waals surface area contributed by atoms with Crippen molar-refractivity contribution >= 4 is 22.8 Å². The van der Waals surface area contributed by atoms with Crippen LogP contribution >= 0.6 is 0 Å². The summed E-state index contributed by atoms with van der Waals surface area (Å²) in [6, 6.07) is 19.5. The summed E-state index contributed by atoms with van der Waals surface area (Å²) in [6.45, 7) is 10.2. The summed E-state index contributed by atoms with van der Waals surface area (Å²) in [5, 5.41) is 20.2. The van der Waals surface area contributed by atoms with Crippen LogP contribution in [0.4, 0.5) is 0 Å². The maximum Gasteiger partial charge on any atom is 0.353 e. The first-order valence-electron chi connectivity index (χ1n) is 11.7. The highest BCUT2D eigenvalue weighted by molar-refractivity contribution is 6.13. The van der Waals surface area contributed by atoms with Crippen molar-refractivity contribution in [3.05, 3.63) is 83.6 Å². The molecule has 0 radical (unpaired) electrons. The molecule has 0 atom stereocenters. The zero-order chi connectivity index (χ0) is 26.2. The lowest BCUT2D eigenvalue weighted by Crippen LogP contribution is -2.12. The number of rotatable bonds is 7. The molecule has 2 N–H and O–H groups in total. The molecule has 0 amide bonds. The van der Waals surface area contributed by atoms with Gasteiger partial charge in [-0.15, -0.1) is 0 Å². The average molecular weight is 488 g/mol. The number of carbonyl (C=O) groups is 2. The molecule has 0 unspecified atom stereocenters. The topological polar surface area (TPSA) is 98.0 Å². The lowest BCUT2D eigenvalue weighted by Gasteiger charge is -2.19. The molecular weight excluding hydrogens is 458 g/mol. The standard InChI is InChI=1S/C29H29NO6/c1-17(2)35-20-12-8-19(9-13-20)30-24-15-14-22(16-23(24)25(27(31)32)26(30)28(33)34)36-21-10-6-18(7-11-21)29(3,4)5/h6-17H,1-5H3,(H,31,32)(H,33,34). The van der Waals surface area contributed by atoms with Gasteiger partial charge in [-0.2, -0.15) is 0 Å². The monoisotopic (exact) mass is 487 g/mol. The highest BCUT2D eigenvalue weighted by atomic mass is 16.5. The fourth-order valence-corrected chi connectivity index (χ4v) is 4.13. The molecule has 36 heavy (non-hydrogen) atoms. The van der Waals surface area contributed by atoms with Gasteiger partial charge in [0.1, 0.15) is 28.5 Å². The van der Waals surface area contributed by atoms with Gasteiger partial charge in [-0.3, -0.25) is 0 Å². The number of carboxylic acid groups (broad SMARTS) is 2. The Kier molecular flexibility index (Phi) is 6.50. The van der Waals surface area contributed by atoms with E-state index in [9.17, 15) is 19.8 Å². The van der Waals surface area contributed by atoms with Crippen molar-refractivity contribution in [2.24, 2.45) is 0 Å². The lowest BCUT2D eigenvalue weighted by molar-refractivity contribution is 0.0647. The molecule has 4 aromatic rings. The van der Waals surface area contributed by atoms with Gasteiger partial charge in [0, 0.05) is 11.1 Å². The van der Waals surface area contributed by atoms with Crippen molar-refractivity contribution in [3.63, 3.8) is 0 Å². The second-order valence-electron chi connectivity index (χ2n) is 9.89. The lowest BCUT2D eigenvalue weighted by atomic mass is 9.87. The summed E-state index contributed by atoms with van der Waals surface area (Å²) in [7, 11) is 0. The van der Waals surface area contributed by atoms with Gasteiger partial charge in [0.2, 0.25) is 0 Å². The van der Waals surface area contributed by atoms with E-state index in [1.165, 1.54) is 4.57 Å². The van der Waals surface area contributed by atoms with Gasteiger partial charge >= 0.3 is 11.9 Å². The third kappa shape index (κ3) is 4.91. The molecule has 0 aliphatic rings. The van der Waals surface area contributed by atoms with E-state index >= 15 is 0 Å². The third-order valence-corrected chi connectivity index (χ3v) is 5.78. The molecule has 1 aromatic heterocycles. The van der Waals surface area contributed by atoms with Crippen molar-refractivity contribution in [1.82, 2.24) is 4.57 Å². The van der Waals surface area contributed by atoms with E-state index in [1.54, 1.807) is 42.5 Å². The molecule has 0 saturated carbocycles. The van der Waals surface area contributed by atoms with Crippen molar-refractivity contribution < 1.29 is 29.3 Å². The molecule has 0 fully saturated rings. The minimum Gasteiger partial charge on any atom is -0.491 e. The first kappa shape index (κ1) is 24.9. The van der Waals surface area contributed by atoms with E-state index < -0.39 is 11.9 Å². The predicted octanol–water partition coefficient (Wildman–Crippen LogP) is 6.90. The van der Waals surface area contributed by atoms with Crippen LogP contribution in [0.5, 0.6) is 17.2 Å². The maximum absolute atomic E-state index is 12.3. The van der Waals surface area contributed by atoms with Gasteiger partial charge in [0.05, 0.1) is 11.6 Å². The molecule has 4 rings (SSSR count). The Morgan fingerprint density at radius 1 is 0.806 bits per heavy atom. The number of aromatic carboxylic acids is 2. The van der Waals surface area contributed by atoms with Gasteiger partial charge < -0.3 is 24.3 Å². The Hall–Kier alpha value is -4.26. The molecule has 0 spiro atoms. The molecular formula is C29H29NO6. The number of hydrogen-bond acceptors (Lipinski definition) is 4. The van der Waals surface area contributed by atoms with E-state index in [-0.39, 0.29) is 28.2 Å². The predicted molar refractivity (Wildman–Crippen MR) is 138 cm³/mol. The van der Waals surface area contributed by atoms with Crippen molar-refractivity contribution in [1.29, 1.82) is 0 Å². The summed E-state index contributed by atoms with van der Waals surface area (Å²) in [6.07, 6.45) is -0.0143. The SMILES string of the molecule is CC(C)Oc1ccc(-n2c(C(=O)O)c(C(=O)O)c3cc(Oc4ccc(C(C)(C)C)cc4)ccc32)cc1. The highest BCUT2D eigenvalue weighted by Gasteiger charge is 2.28. The largest absolute Gasteiger partial charge is 0.491 e. The second kappa shape index (κ2) is 9.41. The van der Waals surface area contributed by atoms with Crippen molar-refractivity contribution in [3.8, 4) is 22.9 Å². The number of carboxylic acids is 2. The normalized spacial score (nSPS) is 11.6. The molecule has 0 aliphatic heterocycles. The summed E-state index contributed by atoms with van der Waals surface area (Å²) >= 11 is 0. The van der Waals surface area contributed by atoms with Crippen molar-refractivity contribution in [2.45, 2.75) is 46.1 Å². The summed E-state index contributed by atoms with van der Waals surface area (Å²) in [5.74, 6) is -1.04. The number of fused-ring (bicyclic) bond motifs is 1. The molecule has 7 heteroatoms. The van der Waals surface area contributed by atoms with Crippen LogP contribution in [0.2, 0.25) is 0 Å². The average Bonchev–Trinajstić information content (AvgIpc) is 3.14. The van der Waals surface area contributed by atoms with Crippen LogP contribution in [-0.2, 0) is 5.41 Å². The van der Waals surface area contributed by atoms with E-state index in [0.29, 0.717) is 28.5 Å². The molecule has 0 bridgehead atoms. The van der Waals surface area contributed by atoms with E-state index in [2.05, 4.69) is 20.8 Å². The fraction of sp³-hybridized carbons (Fsp3) is 0.241. The minimum atomic E-state index is -1.34. The van der Waals surface area contributed by atoms with Crippen LogP contribution in [0.25, 0.3) is 16.6 Å². The molecule has 7 nitrogen and oxygen atoms in total. The molecule has 1 heterocycles. The number of ether oxygens (including phenoxy) is 2. The summed E-state index contributed by atoms with van der Waals surface area (Å²) in [4.78, 5) is 24.5. The first-order valence-corrected chi connectivity index (χ1v) is 11.7. The van der Waals surface area contributed by atoms with Crippen molar-refractivity contribution in [2.75, 3.05) is 0 Å². The minimum absolute atomic E-state index is 0.00307. The number of aromatic nitrogens is 1. The number of hydrogen-bond donors (Lipinski definition) is 2. The van der Waals surface area contributed by atoms with Crippen LogP contribution < -0.4 is 9.47 Å². The van der Waals surface area contributed by atoms with E-state index in [4.69, 9.17) is 9.47 Å². The Morgan fingerprint density at radius 2 is 1.39 bits per heavy atom. The first-order chi connectivity index (χ1) is 17.0. The molecule has 0 aliphatic carbocycles. The smallest absolute Gasteiger partial charge is 0.353 e. The fourth-order valence-electron chi connectivity index (χ4n) is 4.13. The van der Waals surface area contributed by atoms with Gasteiger partial charge in [0.15, 0.2) is 0 Å². The quantitative estimate of drug-likeness (QED) is 0.294. The third-order valence-electron chi connectivity index (χ3n) is 5.78. The highest BCUT2D eigenvalue weighted by Crippen LogP contribution is 2.35. The van der Waals surface area contributed by atoms with Crippen LogP contribution in [0.15, 0.2) is 66.7 Å². The van der Waals surface area contributed by atoms with Gasteiger partial charge in [-0.1, -0.05) is 32.9 Å². The van der Waals surface area contributed by atoms with Crippen LogP contribution in [0.3, 0.4) is 0 Å². The van der Waals surface area contributed by atoms with Crippen LogP contribution in [0.1, 0.15) is 61.0 Å². The Bertz CT molecular complexity index is 1420. The number of nitrogens with zero attached hydrogens (tertiary/aromatic N) is 1. The van der Waals surface area contributed by atoms with Gasteiger partial charge in [-0.25, -0.2) is 9.59 Å². The molecule has 0 saturated heterocycles. The Balaban J connectivity index is 1.81. The van der Waals surface area contributed by atoms with Gasteiger partial charge in [0.25, 0.3) is 0 Å². The van der Waals surface area contributed by atoms with Gasteiger partial charge in [-0.05, 0) is 79.4 Å². The van der Waals surface area contributed by atoms with E-state index in [0.717, 1.165) is 5.56 Å². The number of benzene rings is 3. The second-order valence-corrected chi connectivity index (χ2v) is 9.89. The maximum atomic E-state index is 12.3. The van der Waals surface area contributed by atoms with E-state index in [1.807, 2.05) is 38.1 Å². The summed E-state index contributed by atoms with van der Waals surface area (Å²) in [5.41, 5.74) is 1.48. The Morgan fingerprint density at radius 3 is 1.92 bits per heavy atom. The molecule has 186 valence electrons. The zero-order valence-electron chi connectivity index (χ0n) is 20.9. The van der Waals surface area contributed by atoms with Crippen LogP contribution in [-0.4, -0.2) is 32.8 Å². The molecule has 3 aromatic carbocycles.